The van der Waals surface area contributed by atoms with Crippen LogP contribution < -0.4 is 10.6 Å². The summed E-state index contributed by atoms with van der Waals surface area (Å²) in [7, 11) is 0. The Hall–Kier alpha value is -3.98. The SMILES string of the molecule is Cc1cc(-c2cccc(C(F)(F)F)c2)cc2c(N3CCc4ccc(C(=O)N5CCC(N)CC5)cc4C3)ncnc12. The number of benzene rings is 3. The third-order valence-electron chi connectivity index (χ3n) is 8.02. The van der Waals surface area contributed by atoms with E-state index in [4.69, 9.17) is 5.73 Å². The molecule has 0 atom stereocenters. The van der Waals surface area contributed by atoms with E-state index in [1.807, 2.05) is 42.2 Å². The molecule has 1 fully saturated rings. The Labute approximate surface area is 230 Å². The molecule has 0 radical (unpaired) electrons. The van der Waals surface area contributed by atoms with Crippen LogP contribution in [0.1, 0.15) is 45.5 Å². The molecule has 40 heavy (non-hydrogen) atoms. The van der Waals surface area contributed by atoms with Crippen LogP contribution in [-0.4, -0.2) is 46.5 Å². The maximum atomic E-state index is 13.4. The highest BCUT2D eigenvalue weighted by Gasteiger charge is 2.30. The summed E-state index contributed by atoms with van der Waals surface area (Å²) < 4.78 is 40.2. The van der Waals surface area contributed by atoms with Gasteiger partial charge < -0.3 is 15.5 Å². The molecule has 3 aromatic carbocycles. The molecular weight excluding hydrogens is 515 g/mol. The van der Waals surface area contributed by atoms with Gasteiger partial charge in [-0.15, -0.1) is 0 Å². The van der Waals surface area contributed by atoms with Gasteiger partial charge in [-0.2, -0.15) is 13.2 Å². The molecule has 1 aromatic heterocycles. The topological polar surface area (TPSA) is 75.4 Å². The van der Waals surface area contributed by atoms with Crippen LogP contribution in [0.25, 0.3) is 22.0 Å². The lowest BCUT2D eigenvalue weighted by molar-refractivity contribution is -0.137. The average Bonchev–Trinajstić information content (AvgIpc) is 2.96. The number of piperidine rings is 1. The van der Waals surface area contributed by atoms with Crippen LogP contribution >= 0.6 is 0 Å². The highest BCUT2D eigenvalue weighted by molar-refractivity contribution is 5.96. The summed E-state index contributed by atoms with van der Waals surface area (Å²) in [5.41, 5.74) is 11.1. The van der Waals surface area contributed by atoms with Gasteiger partial charge in [0.1, 0.15) is 12.1 Å². The first-order chi connectivity index (χ1) is 19.2. The minimum Gasteiger partial charge on any atom is -0.351 e. The fourth-order valence-electron chi connectivity index (χ4n) is 5.78. The van der Waals surface area contributed by atoms with Crippen molar-refractivity contribution in [2.45, 2.75) is 44.9 Å². The largest absolute Gasteiger partial charge is 0.416 e. The van der Waals surface area contributed by atoms with Gasteiger partial charge in [-0.05, 0) is 90.4 Å². The van der Waals surface area contributed by atoms with E-state index >= 15 is 0 Å². The quantitative estimate of drug-likeness (QED) is 0.355. The number of fused-ring (bicyclic) bond motifs is 2. The predicted octanol–water partition coefficient (Wildman–Crippen LogP) is 5.75. The summed E-state index contributed by atoms with van der Waals surface area (Å²) in [6.07, 6.45) is -0.468. The molecule has 3 heterocycles. The zero-order valence-electron chi connectivity index (χ0n) is 22.2. The number of aromatic nitrogens is 2. The Kier molecular flexibility index (Phi) is 6.70. The van der Waals surface area contributed by atoms with Gasteiger partial charge in [0.05, 0.1) is 11.1 Å². The molecule has 0 bridgehead atoms. The summed E-state index contributed by atoms with van der Waals surface area (Å²) >= 11 is 0. The van der Waals surface area contributed by atoms with Gasteiger partial charge in [-0.1, -0.05) is 18.2 Å². The van der Waals surface area contributed by atoms with Gasteiger partial charge in [0.2, 0.25) is 0 Å². The number of nitrogens with two attached hydrogens (primary N) is 1. The molecule has 1 amide bonds. The van der Waals surface area contributed by atoms with Crippen LogP contribution in [0.15, 0.2) is 60.9 Å². The van der Waals surface area contributed by atoms with Crippen molar-refractivity contribution in [3.8, 4) is 11.1 Å². The number of amides is 1. The van der Waals surface area contributed by atoms with E-state index < -0.39 is 11.7 Å². The van der Waals surface area contributed by atoms with Gasteiger partial charge in [-0.25, -0.2) is 9.97 Å². The van der Waals surface area contributed by atoms with Gasteiger partial charge >= 0.3 is 6.18 Å². The summed E-state index contributed by atoms with van der Waals surface area (Å²) in [6, 6.07) is 15.2. The zero-order valence-corrected chi connectivity index (χ0v) is 22.2. The Morgan fingerprint density at radius 3 is 2.52 bits per heavy atom. The average molecular weight is 546 g/mol. The van der Waals surface area contributed by atoms with E-state index in [0.29, 0.717) is 36.3 Å². The second-order valence-electron chi connectivity index (χ2n) is 10.7. The van der Waals surface area contributed by atoms with Crippen LogP contribution in [-0.2, 0) is 19.1 Å². The lowest BCUT2D eigenvalue weighted by Gasteiger charge is -2.32. The first-order valence-corrected chi connectivity index (χ1v) is 13.5. The molecule has 0 spiro atoms. The number of halogens is 3. The number of aryl methyl sites for hydroxylation is 1. The first-order valence-electron chi connectivity index (χ1n) is 13.5. The number of alkyl halides is 3. The van der Waals surface area contributed by atoms with E-state index in [1.54, 1.807) is 6.07 Å². The van der Waals surface area contributed by atoms with Crippen molar-refractivity contribution in [2.75, 3.05) is 24.5 Å². The van der Waals surface area contributed by atoms with Crippen LogP contribution in [0, 0.1) is 6.92 Å². The van der Waals surface area contributed by atoms with Crippen molar-refractivity contribution < 1.29 is 18.0 Å². The molecule has 0 aliphatic carbocycles. The normalized spacial score (nSPS) is 16.3. The number of nitrogens with zero attached hydrogens (tertiary/aromatic N) is 4. The molecule has 2 N–H and O–H groups in total. The van der Waals surface area contributed by atoms with Gasteiger partial charge in [-0.3, -0.25) is 4.79 Å². The smallest absolute Gasteiger partial charge is 0.351 e. The van der Waals surface area contributed by atoms with Crippen LogP contribution in [0.4, 0.5) is 19.0 Å². The number of likely N-dealkylation sites (tertiary alicyclic amines) is 1. The van der Waals surface area contributed by atoms with Crippen molar-refractivity contribution in [3.05, 3.63) is 88.7 Å². The Bertz CT molecular complexity index is 1590. The molecule has 0 saturated carbocycles. The van der Waals surface area contributed by atoms with Crippen molar-refractivity contribution in [3.63, 3.8) is 0 Å². The van der Waals surface area contributed by atoms with Gasteiger partial charge in [0, 0.05) is 43.2 Å². The number of hydrogen-bond acceptors (Lipinski definition) is 5. The fourth-order valence-corrected chi connectivity index (χ4v) is 5.78. The molecule has 1 saturated heterocycles. The van der Waals surface area contributed by atoms with Crippen LogP contribution in [0.5, 0.6) is 0 Å². The molecule has 6 nitrogen and oxygen atoms in total. The first kappa shape index (κ1) is 26.3. The van der Waals surface area contributed by atoms with Crippen molar-refractivity contribution in [1.82, 2.24) is 14.9 Å². The van der Waals surface area contributed by atoms with E-state index in [1.165, 1.54) is 24.0 Å². The zero-order chi connectivity index (χ0) is 28.0. The second-order valence-corrected chi connectivity index (χ2v) is 10.7. The molecule has 6 rings (SSSR count). The molecule has 2 aliphatic heterocycles. The monoisotopic (exact) mass is 545 g/mol. The highest BCUT2D eigenvalue weighted by Crippen LogP contribution is 2.36. The highest BCUT2D eigenvalue weighted by atomic mass is 19.4. The minimum absolute atomic E-state index is 0.0284. The van der Waals surface area contributed by atoms with Gasteiger partial charge in [0.15, 0.2) is 0 Å². The van der Waals surface area contributed by atoms with Crippen LogP contribution in [0.3, 0.4) is 0 Å². The van der Waals surface area contributed by atoms with Crippen molar-refractivity contribution in [1.29, 1.82) is 0 Å². The van der Waals surface area contributed by atoms with E-state index in [0.717, 1.165) is 59.7 Å². The van der Waals surface area contributed by atoms with E-state index in [2.05, 4.69) is 14.9 Å². The Morgan fingerprint density at radius 1 is 0.950 bits per heavy atom. The third-order valence-corrected chi connectivity index (χ3v) is 8.02. The molecule has 206 valence electrons. The molecule has 4 aromatic rings. The van der Waals surface area contributed by atoms with E-state index in [9.17, 15) is 18.0 Å². The van der Waals surface area contributed by atoms with Gasteiger partial charge in [0.25, 0.3) is 5.91 Å². The maximum Gasteiger partial charge on any atom is 0.416 e. The number of rotatable bonds is 3. The molecule has 0 unspecified atom stereocenters. The van der Waals surface area contributed by atoms with Crippen molar-refractivity contribution >= 4 is 22.6 Å². The third kappa shape index (κ3) is 5.01. The lowest BCUT2D eigenvalue weighted by Crippen LogP contribution is -2.43. The Balaban J connectivity index is 1.33. The lowest BCUT2D eigenvalue weighted by atomic mass is 9.95. The number of carbonyl (C=O) groups is 1. The van der Waals surface area contributed by atoms with Crippen molar-refractivity contribution in [2.24, 2.45) is 5.73 Å². The number of anilines is 1. The Morgan fingerprint density at radius 2 is 1.75 bits per heavy atom. The standard InChI is InChI=1S/C31H30F3N5O/c1-19-13-23(21-3-2-4-25(15-21)31(32,33)34)16-27-28(19)36-18-37-29(27)39-10-7-20-5-6-22(14-24(20)17-39)30(40)38-11-8-26(35)9-12-38/h2-6,13-16,18,26H,7-12,17,35H2,1H3. The number of hydrogen-bond donors (Lipinski definition) is 1. The molecular formula is C31H30F3N5O. The molecule has 2 aliphatic rings. The minimum atomic E-state index is -4.42. The number of carbonyl (C=O) groups excluding carboxylic acids is 1. The summed E-state index contributed by atoms with van der Waals surface area (Å²) in [5.74, 6) is 0.759. The predicted molar refractivity (Wildman–Crippen MR) is 149 cm³/mol. The summed E-state index contributed by atoms with van der Waals surface area (Å²) in [5, 5.41) is 0.787. The fraction of sp³-hybridized carbons (Fsp3) is 0.323. The molecule has 9 heteroatoms. The van der Waals surface area contributed by atoms with E-state index in [-0.39, 0.29) is 11.9 Å². The summed E-state index contributed by atoms with van der Waals surface area (Å²) in [4.78, 5) is 26.3. The maximum absolute atomic E-state index is 13.4. The summed E-state index contributed by atoms with van der Waals surface area (Å²) in [6.45, 7) is 4.55. The second kappa shape index (κ2) is 10.2. The van der Waals surface area contributed by atoms with Crippen LogP contribution in [0.2, 0.25) is 0 Å².